The molecule has 1 aliphatic rings. The monoisotopic (exact) mass is 470 g/mol. The van der Waals surface area contributed by atoms with Crippen LogP contribution in [0.25, 0.3) is 16.6 Å². The first-order chi connectivity index (χ1) is 15.5. The molecule has 1 saturated carbocycles. The molecule has 0 radical (unpaired) electrons. The van der Waals surface area contributed by atoms with Crippen molar-refractivity contribution in [3.05, 3.63) is 81.0 Å². The lowest BCUT2D eigenvalue weighted by atomic mass is 10.2. The summed E-state index contributed by atoms with van der Waals surface area (Å²) in [6.45, 7) is 0.366. The highest BCUT2D eigenvalue weighted by atomic mass is 35.5. The molecule has 3 aromatic heterocycles. The van der Waals surface area contributed by atoms with Gasteiger partial charge in [0.05, 0.1) is 47.2 Å². The number of halogens is 2. The minimum absolute atomic E-state index is 0.0825. The van der Waals surface area contributed by atoms with Gasteiger partial charge in [-0.25, -0.2) is 4.98 Å². The summed E-state index contributed by atoms with van der Waals surface area (Å²) < 4.78 is 9.04. The van der Waals surface area contributed by atoms with Crippen LogP contribution in [0.1, 0.15) is 18.4 Å². The van der Waals surface area contributed by atoms with Crippen LogP contribution in [0.15, 0.2) is 59.8 Å². The van der Waals surface area contributed by atoms with E-state index < -0.39 is 0 Å². The number of hydrogen-bond acceptors (Lipinski definition) is 5. The molecule has 5 rings (SSSR count). The van der Waals surface area contributed by atoms with Crippen LogP contribution in [0.3, 0.4) is 0 Å². The zero-order valence-electron chi connectivity index (χ0n) is 17.0. The molecule has 0 amide bonds. The molecule has 1 N–H and O–H groups in total. The Kier molecular flexibility index (Phi) is 5.63. The van der Waals surface area contributed by atoms with Crippen molar-refractivity contribution < 1.29 is 9.84 Å². The minimum atomic E-state index is -0.307. The van der Waals surface area contributed by atoms with Gasteiger partial charge in [-0.15, -0.1) is 0 Å². The molecule has 164 valence electrons. The molecule has 0 saturated heterocycles. The average molecular weight is 471 g/mol. The largest absolute Gasteiger partial charge is 0.472 e. The number of hydrogen-bond donors (Lipinski definition) is 1. The summed E-state index contributed by atoms with van der Waals surface area (Å²) >= 11 is 12.6. The maximum absolute atomic E-state index is 13.2. The van der Waals surface area contributed by atoms with Crippen molar-refractivity contribution in [3.8, 4) is 11.6 Å². The third-order valence-corrected chi connectivity index (χ3v) is 6.32. The van der Waals surface area contributed by atoms with Gasteiger partial charge in [-0.3, -0.25) is 14.0 Å². The van der Waals surface area contributed by atoms with Crippen molar-refractivity contribution >= 4 is 34.1 Å². The van der Waals surface area contributed by atoms with E-state index in [9.17, 15) is 9.90 Å². The molecule has 0 aliphatic heterocycles. The van der Waals surface area contributed by atoms with Gasteiger partial charge in [0.1, 0.15) is 6.10 Å². The fourth-order valence-electron chi connectivity index (χ4n) is 3.75. The lowest BCUT2D eigenvalue weighted by molar-refractivity contribution is 0.0943. The number of rotatable bonds is 7. The second-order valence-corrected chi connectivity index (χ2v) is 8.65. The van der Waals surface area contributed by atoms with Gasteiger partial charge in [-0.05, 0) is 36.5 Å². The van der Waals surface area contributed by atoms with Crippen LogP contribution in [-0.2, 0) is 6.54 Å². The van der Waals surface area contributed by atoms with Gasteiger partial charge >= 0.3 is 0 Å². The summed E-state index contributed by atoms with van der Waals surface area (Å²) in [6, 6.07) is 11.0. The van der Waals surface area contributed by atoms with Crippen LogP contribution in [0, 0.1) is 5.92 Å². The number of aromatic nitrogens is 4. The number of aliphatic hydroxyl groups excluding tert-OH is 1. The van der Waals surface area contributed by atoms with Crippen LogP contribution in [0.4, 0.5) is 0 Å². The summed E-state index contributed by atoms with van der Waals surface area (Å²) in [5.41, 5.74) is 1.81. The Bertz CT molecular complexity index is 1350. The smallest absolute Gasteiger partial charge is 0.266 e. The fraction of sp³-hybridized carbons (Fsp3) is 0.261. The van der Waals surface area contributed by atoms with Crippen LogP contribution >= 0.6 is 23.2 Å². The molecule has 0 unspecified atom stereocenters. The van der Waals surface area contributed by atoms with Gasteiger partial charge in [0.15, 0.2) is 0 Å². The van der Waals surface area contributed by atoms with E-state index in [1.54, 1.807) is 23.1 Å². The molecule has 4 aromatic rings. The van der Waals surface area contributed by atoms with Crippen molar-refractivity contribution in [3.63, 3.8) is 0 Å². The minimum Gasteiger partial charge on any atom is -0.472 e. The number of aliphatic hydroxyl groups is 1. The Morgan fingerprint density at radius 3 is 2.72 bits per heavy atom. The summed E-state index contributed by atoms with van der Waals surface area (Å²) in [4.78, 5) is 17.4. The fourth-order valence-corrected chi connectivity index (χ4v) is 4.14. The van der Waals surface area contributed by atoms with Gasteiger partial charge < -0.3 is 9.84 Å². The molecular formula is C23H20Cl2N4O3. The standard InChI is InChI=1S/C23H20Cl2N4O3/c24-17-4-2-1-3-15(17)12-29-19-7-8-28(23(31)16(19)10-27-29)20-9-22(26-11-18(20)25)32-21(13-30)14-5-6-14/h1-4,7-11,14,21,30H,5-6,12-13H2/t21-/m0/s1. The highest BCUT2D eigenvalue weighted by molar-refractivity contribution is 6.32. The van der Waals surface area contributed by atoms with Crippen LogP contribution in [0.2, 0.25) is 10.0 Å². The van der Waals surface area contributed by atoms with Gasteiger partial charge in [0, 0.05) is 17.3 Å². The lowest BCUT2D eigenvalue weighted by Crippen LogP contribution is -2.24. The molecule has 1 aromatic carbocycles. The first kappa shape index (κ1) is 21.0. The third kappa shape index (κ3) is 3.99. The number of nitrogens with zero attached hydrogens (tertiary/aromatic N) is 4. The summed E-state index contributed by atoms with van der Waals surface area (Å²) in [7, 11) is 0. The van der Waals surface area contributed by atoms with Crippen molar-refractivity contribution in [2.45, 2.75) is 25.5 Å². The topological polar surface area (TPSA) is 82.2 Å². The predicted molar refractivity (Wildman–Crippen MR) is 123 cm³/mol. The van der Waals surface area contributed by atoms with E-state index in [0.717, 1.165) is 18.4 Å². The first-order valence-corrected chi connectivity index (χ1v) is 11.0. The molecule has 7 nitrogen and oxygen atoms in total. The van der Waals surface area contributed by atoms with Gasteiger partial charge in [-0.2, -0.15) is 5.10 Å². The maximum Gasteiger partial charge on any atom is 0.266 e. The van der Waals surface area contributed by atoms with Crippen LogP contribution in [-0.4, -0.2) is 37.1 Å². The Hall–Kier alpha value is -2.87. The van der Waals surface area contributed by atoms with E-state index in [0.29, 0.717) is 45.0 Å². The molecular weight excluding hydrogens is 451 g/mol. The third-order valence-electron chi connectivity index (χ3n) is 5.66. The van der Waals surface area contributed by atoms with Gasteiger partial charge in [0.2, 0.25) is 5.88 Å². The number of fused-ring (bicyclic) bond motifs is 1. The second-order valence-electron chi connectivity index (χ2n) is 7.83. The molecule has 0 bridgehead atoms. The molecule has 0 spiro atoms. The SMILES string of the molecule is O=c1c2cnn(Cc3ccccc3Cl)c2ccn1-c1cc(O[C@@H](CO)C2CC2)ncc1Cl. The van der Waals surface area contributed by atoms with E-state index in [2.05, 4.69) is 10.1 Å². The Morgan fingerprint density at radius 2 is 1.97 bits per heavy atom. The van der Waals surface area contributed by atoms with E-state index in [1.165, 1.54) is 10.8 Å². The predicted octanol–water partition coefficient (Wildman–Crippen LogP) is 4.09. The van der Waals surface area contributed by atoms with Crippen molar-refractivity contribution in [1.29, 1.82) is 0 Å². The summed E-state index contributed by atoms with van der Waals surface area (Å²) in [5.74, 6) is 0.653. The lowest BCUT2D eigenvalue weighted by Gasteiger charge is -2.16. The van der Waals surface area contributed by atoms with E-state index in [-0.39, 0.29) is 18.3 Å². The van der Waals surface area contributed by atoms with Crippen LogP contribution < -0.4 is 10.3 Å². The number of pyridine rings is 2. The highest BCUT2D eigenvalue weighted by Gasteiger charge is 2.32. The average Bonchev–Trinajstić information content (AvgIpc) is 3.56. The molecule has 32 heavy (non-hydrogen) atoms. The quantitative estimate of drug-likeness (QED) is 0.439. The summed E-state index contributed by atoms with van der Waals surface area (Å²) in [6.07, 6.45) is 6.40. The maximum atomic E-state index is 13.2. The summed E-state index contributed by atoms with van der Waals surface area (Å²) in [5, 5.41) is 15.4. The molecule has 9 heteroatoms. The first-order valence-electron chi connectivity index (χ1n) is 10.3. The highest BCUT2D eigenvalue weighted by Crippen LogP contribution is 2.35. The molecule has 1 fully saturated rings. The Morgan fingerprint density at radius 1 is 1.16 bits per heavy atom. The zero-order chi connectivity index (χ0) is 22.2. The van der Waals surface area contributed by atoms with Gasteiger partial charge in [-0.1, -0.05) is 41.4 Å². The molecule has 1 atom stereocenters. The van der Waals surface area contributed by atoms with E-state index in [4.69, 9.17) is 27.9 Å². The van der Waals surface area contributed by atoms with Crippen LogP contribution in [0.5, 0.6) is 5.88 Å². The number of ether oxygens (including phenoxy) is 1. The zero-order valence-corrected chi connectivity index (χ0v) is 18.5. The second kappa shape index (κ2) is 8.58. The Labute approximate surface area is 193 Å². The molecule has 3 heterocycles. The van der Waals surface area contributed by atoms with E-state index in [1.807, 2.05) is 30.3 Å². The van der Waals surface area contributed by atoms with E-state index >= 15 is 0 Å². The molecule has 1 aliphatic carbocycles. The van der Waals surface area contributed by atoms with Crippen molar-refractivity contribution in [1.82, 2.24) is 19.3 Å². The van der Waals surface area contributed by atoms with Gasteiger partial charge in [0.25, 0.3) is 5.56 Å². The number of benzene rings is 1. The normalized spacial score (nSPS) is 14.6. The van der Waals surface area contributed by atoms with Crippen molar-refractivity contribution in [2.24, 2.45) is 5.92 Å². The Balaban J connectivity index is 1.50. The van der Waals surface area contributed by atoms with Crippen molar-refractivity contribution in [2.75, 3.05) is 6.61 Å².